The second kappa shape index (κ2) is 6.10. The lowest BCUT2D eigenvalue weighted by molar-refractivity contribution is -0.131. The summed E-state index contributed by atoms with van der Waals surface area (Å²) in [6, 6.07) is 4.44. The number of alkyl halides is 1. The summed E-state index contributed by atoms with van der Waals surface area (Å²) in [6.07, 6.45) is 0.869. The zero-order valence-electron chi connectivity index (χ0n) is 10.7. The predicted octanol–water partition coefficient (Wildman–Crippen LogP) is 3.50. The van der Waals surface area contributed by atoms with Crippen LogP contribution in [-0.2, 0) is 11.2 Å². The van der Waals surface area contributed by atoms with E-state index in [1.165, 1.54) is 12.1 Å². The number of carbonyl (C=O) groups is 1. The van der Waals surface area contributed by atoms with E-state index in [1.54, 1.807) is 11.0 Å². The molecule has 0 aliphatic carbocycles. The first-order valence-electron chi connectivity index (χ1n) is 6.33. The third kappa shape index (κ3) is 3.40. The molecule has 0 bridgehead atoms. The van der Waals surface area contributed by atoms with E-state index in [0.29, 0.717) is 24.0 Å². The lowest BCUT2D eigenvalue weighted by Gasteiger charge is -2.34. The van der Waals surface area contributed by atoms with E-state index < -0.39 is 5.82 Å². The highest BCUT2D eigenvalue weighted by molar-refractivity contribution is 6.31. The molecule has 1 amide bonds. The zero-order valence-corrected chi connectivity index (χ0v) is 12.2. The number of likely N-dealkylation sites (tertiary alicyclic amines) is 1. The number of halogens is 3. The fourth-order valence-electron chi connectivity index (χ4n) is 2.21. The van der Waals surface area contributed by atoms with Crippen molar-refractivity contribution in [2.75, 3.05) is 13.1 Å². The third-order valence-corrected chi connectivity index (χ3v) is 4.53. The maximum Gasteiger partial charge on any atom is 0.227 e. The number of rotatable bonds is 2. The van der Waals surface area contributed by atoms with Gasteiger partial charge >= 0.3 is 0 Å². The molecule has 0 N–H and O–H groups in total. The normalized spacial score (nSPS) is 23.5. The number of piperidine rings is 1. The van der Waals surface area contributed by atoms with Gasteiger partial charge in [0.1, 0.15) is 5.82 Å². The van der Waals surface area contributed by atoms with Crippen LogP contribution in [0, 0.1) is 11.7 Å². The molecule has 104 valence electrons. The van der Waals surface area contributed by atoms with Gasteiger partial charge in [0.25, 0.3) is 0 Å². The third-order valence-electron chi connectivity index (χ3n) is 3.61. The Morgan fingerprint density at radius 3 is 2.89 bits per heavy atom. The summed E-state index contributed by atoms with van der Waals surface area (Å²) in [5.74, 6) is -0.152. The van der Waals surface area contributed by atoms with Crippen molar-refractivity contribution in [2.45, 2.75) is 25.1 Å². The Balaban J connectivity index is 2.05. The Bertz CT molecular complexity index is 460. The van der Waals surface area contributed by atoms with Crippen LogP contribution < -0.4 is 0 Å². The monoisotopic (exact) mass is 303 g/mol. The van der Waals surface area contributed by atoms with Gasteiger partial charge in [0.05, 0.1) is 11.8 Å². The Morgan fingerprint density at radius 1 is 1.53 bits per heavy atom. The number of carbonyl (C=O) groups excluding carboxylic acids is 1. The quantitative estimate of drug-likeness (QED) is 0.766. The molecule has 0 aromatic heterocycles. The van der Waals surface area contributed by atoms with Gasteiger partial charge in [-0.1, -0.05) is 24.6 Å². The van der Waals surface area contributed by atoms with E-state index in [4.69, 9.17) is 23.2 Å². The standard InChI is InChI=1S/C14H16Cl2FNO/c1-9-5-6-18(8-12(9)16)14(19)7-10-11(15)3-2-4-13(10)17/h2-4,9,12H,5-8H2,1H3. The molecule has 1 aromatic carbocycles. The maximum absolute atomic E-state index is 13.6. The fourth-order valence-corrected chi connectivity index (χ4v) is 2.74. The van der Waals surface area contributed by atoms with Crippen LogP contribution in [0.15, 0.2) is 18.2 Å². The number of hydrogen-bond acceptors (Lipinski definition) is 1. The van der Waals surface area contributed by atoms with Crippen LogP contribution in [0.1, 0.15) is 18.9 Å². The second-order valence-corrected chi connectivity index (χ2v) is 5.97. The molecule has 2 nitrogen and oxygen atoms in total. The van der Waals surface area contributed by atoms with E-state index in [1.807, 2.05) is 0 Å². The summed E-state index contributed by atoms with van der Waals surface area (Å²) in [4.78, 5) is 13.9. The molecule has 2 rings (SSSR count). The molecular weight excluding hydrogens is 288 g/mol. The van der Waals surface area contributed by atoms with Crippen molar-refractivity contribution in [1.29, 1.82) is 0 Å². The number of amides is 1. The summed E-state index contributed by atoms with van der Waals surface area (Å²) < 4.78 is 13.6. The Labute approximate surface area is 122 Å². The van der Waals surface area contributed by atoms with E-state index in [2.05, 4.69) is 6.92 Å². The Hall–Kier alpha value is -0.800. The molecule has 1 aliphatic rings. The summed E-state index contributed by atoms with van der Waals surface area (Å²) in [6.45, 7) is 3.27. The highest BCUT2D eigenvalue weighted by Crippen LogP contribution is 2.24. The largest absolute Gasteiger partial charge is 0.341 e. The minimum Gasteiger partial charge on any atom is -0.341 e. The SMILES string of the molecule is CC1CCN(C(=O)Cc2c(F)cccc2Cl)CC1Cl. The minimum absolute atomic E-state index is 0.0104. The average Bonchev–Trinajstić information content (AvgIpc) is 2.37. The molecule has 1 aromatic rings. The second-order valence-electron chi connectivity index (χ2n) is 5.00. The molecule has 1 heterocycles. The van der Waals surface area contributed by atoms with Gasteiger partial charge in [0.2, 0.25) is 5.91 Å². The Morgan fingerprint density at radius 2 is 2.26 bits per heavy atom. The van der Waals surface area contributed by atoms with Crippen LogP contribution in [0.3, 0.4) is 0 Å². The fraction of sp³-hybridized carbons (Fsp3) is 0.500. The molecule has 2 atom stereocenters. The van der Waals surface area contributed by atoms with Crippen LogP contribution in [-0.4, -0.2) is 29.3 Å². The van der Waals surface area contributed by atoms with E-state index in [0.717, 1.165) is 6.42 Å². The molecule has 1 saturated heterocycles. The average molecular weight is 304 g/mol. The maximum atomic E-state index is 13.6. The van der Waals surface area contributed by atoms with Gasteiger partial charge < -0.3 is 4.90 Å². The van der Waals surface area contributed by atoms with E-state index in [9.17, 15) is 9.18 Å². The van der Waals surface area contributed by atoms with Gasteiger partial charge in [-0.3, -0.25) is 4.79 Å². The topological polar surface area (TPSA) is 20.3 Å². The summed E-state index contributed by atoms with van der Waals surface area (Å²) >= 11 is 12.1. The zero-order chi connectivity index (χ0) is 14.0. The Kier molecular flexibility index (Phi) is 4.69. The summed E-state index contributed by atoms with van der Waals surface area (Å²) in [5, 5.41) is 0.259. The van der Waals surface area contributed by atoms with Crippen molar-refractivity contribution < 1.29 is 9.18 Å². The lowest BCUT2D eigenvalue weighted by Crippen LogP contribution is -2.44. The molecule has 0 spiro atoms. The highest BCUT2D eigenvalue weighted by Gasteiger charge is 2.27. The first-order chi connectivity index (χ1) is 8.99. The smallest absolute Gasteiger partial charge is 0.227 e. The predicted molar refractivity (Wildman–Crippen MR) is 75.1 cm³/mol. The van der Waals surface area contributed by atoms with Crippen LogP contribution in [0.2, 0.25) is 5.02 Å². The van der Waals surface area contributed by atoms with Crippen molar-refractivity contribution in [3.05, 3.63) is 34.6 Å². The molecule has 1 aliphatic heterocycles. The summed E-state index contributed by atoms with van der Waals surface area (Å²) in [5.41, 5.74) is 0.263. The van der Waals surface area contributed by atoms with Crippen LogP contribution in [0.4, 0.5) is 4.39 Å². The highest BCUT2D eigenvalue weighted by atomic mass is 35.5. The van der Waals surface area contributed by atoms with Crippen molar-refractivity contribution in [3.63, 3.8) is 0 Å². The molecule has 0 radical (unpaired) electrons. The van der Waals surface area contributed by atoms with E-state index in [-0.39, 0.29) is 23.3 Å². The first kappa shape index (κ1) is 14.6. The molecule has 0 saturated carbocycles. The van der Waals surface area contributed by atoms with E-state index >= 15 is 0 Å². The van der Waals surface area contributed by atoms with Crippen LogP contribution in [0.25, 0.3) is 0 Å². The minimum atomic E-state index is -0.436. The van der Waals surface area contributed by atoms with Crippen molar-refractivity contribution in [2.24, 2.45) is 5.92 Å². The summed E-state index contributed by atoms with van der Waals surface area (Å²) in [7, 11) is 0. The van der Waals surface area contributed by atoms with Gasteiger partial charge in [-0.05, 0) is 24.5 Å². The van der Waals surface area contributed by atoms with Gasteiger partial charge in [-0.2, -0.15) is 0 Å². The molecular formula is C14H16Cl2FNO. The van der Waals surface area contributed by atoms with Crippen molar-refractivity contribution in [1.82, 2.24) is 4.90 Å². The first-order valence-corrected chi connectivity index (χ1v) is 7.15. The van der Waals surface area contributed by atoms with Crippen LogP contribution in [0.5, 0.6) is 0 Å². The van der Waals surface area contributed by atoms with Gasteiger partial charge in [-0.15, -0.1) is 11.6 Å². The van der Waals surface area contributed by atoms with Gasteiger partial charge in [0, 0.05) is 23.7 Å². The molecule has 2 unspecified atom stereocenters. The molecule has 1 fully saturated rings. The van der Waals surface area contributed by atoms with Gasteiger partial charge in [0.15, 0.2) is 0 Å². The number of nitrogens with zero attached hydrogens (tertiary/aromatic N) is 1. The van der Waals surface area contributed by atoms with Crippen LogP contribution >= 0.6 is 23.2 Å². The molecule has 5 heteroatoms. The molecule has 19 heavy (non-hydrogen) atoms. The lowest BCUT2D eigenvalue weighted by atomic mass is 9.98. The number of hydrogen-bond donors (Lipinski definition) is 0. The van der Waals surface area contributed by atoms with Crippen molar-refractivity contribution >= 4 is 29.1 Å². The van der Waals surface area contributed by atoms with Crippen molar-refractivity contribution in [3.8, 4) is 0 Å². The van der Waals surface area contributed by atoms with Gasteiger partial charge in [-0.25, -0.2) is 4.39 Å². The number of benzene rings is 1.